The minimum atomic E-state index is 0.368. The Hall–Kier alpha value is -1.39. The van der Waals surface area contributed by atoms with E-state index in [-0.39, 0.29) is 0 Å². The molecule has 5 heteroatoms. The molecular weight excluding hydrogens is 304 g/mol. The first-order valence-electron chi connectivity index (χ1n) is 4.91. The van der Waals surface area contributed by atoms with Crippen LogP contribution < -0.4 is 0 Å². The Bertz CT molecular complexity index is 679. The van der Waals surface area contributed by atoms with Gasteiger partial charge in [0, 0.05) is 9.86 Å². The summed E-state index contributed by atoms with van der Waals surface area (Å²) >= 11 is 9.11. The first-order chi connectivity index (χ1) is 8.22. The third-order valence-electron chi connectivity index (χ3n) is 2.36. The van der Waals surface area contributed by atoms with Crippen LogP contribution in [0, 0.1) is 0 Å². The van der Waals surface area contributed by atoms with Crippen molar-refractivity contribution >= 4 is 38.5 Å². The second-order valence-corrected chi connectivity index (χ2v) is 4.84. The molecule has 0 N–H and O–H groups in total. The lowest BCUT2D eigenvalue weighted by molar-refractivity contribution is 0.627. The predicted octanol–water partition coefficient (Wildman–Crippen LogP) is 4.31. The van der Waals surface area contributed by atoms with Crippen molar-refractivity contribution < 1.29 is 4.42 Å². The highest BCUT2D eigenvalue weighted by atomic mass is 79.9. The number of aromatic nitrogens is 2. The molecule has 0 fully saturated rings. The van der Waals surface area contributed by atoms with Crippen LogP contribution in [0.3, 0.4) is 0 Å². The number of hydrogen-bond acceptors (Lipinski definition) is 3. The molecule has 0 atom stereocenters. The summed E-state index contributed by atoms with van der Waals surface area (Å²) in [5, 5.41) is 9.16. The largest absolute Gasteiger partial charge is 0.454 e. The summed E-state index contributed by atoms with van der Waals surface area (Å²) in [6, 6.07) is 11.2. The Morgan fingerprint density at radius 2 is 1.94 bits per heavy atom. The molecule has 0 unspecified atom stereocenters. The van der Waals surface area contributed by atoms with E-state index in [0.717, 1.165) is 15.4 Å². The molecule has 2 heterocycles. The zero-order valence-electron chi connectivity index (χ0n) is 8.52. The van der Waals surface area contributed by atoms with E-state index in [1.807, 2.05) is 24.3 Å². The zero-order valence-corrected chi connectivity index (χ0v) is 10.9. The third-order valence-corrected chi connectivity index (χ3v) is 3.06. The first-order valence-corrected chi connectivity index (χ1v) is 6.08. The molecule has 3 nitrogen and oxygen atoms in total. The van der Waals surface area contributed by atoms with E-state index in [2.05, 4.69) is 26.1 Å². The van der Waals surface area contributed by atoms with Gasteiger partial charge >= 0.3 is 0 Å². The maximum atomic E-state index is 5.69. The molecule has 0 saturated heterocycles. The monoisotopic (exact) mass is 308 g/mol. The van der Waals surface area contributed by atoms with Crippen LogP contribution in [-0.2, 0) is 0 Å². The summed E-state index contributed by atoms with van der Waals surface area (Å²) in [5.41, 5.74) is 1.49. The number of halogens is 2. The summed E-state index contributed by atoms with van der Waals surface area (Å²) in [5.74, 6) is 0.683. The number of nitrogens with zero attached hydrogens (tertiary/aromatic N) is 2. The van der Waals surface area contributed by atoms with E-state index in [0.29, 0.717) is 16.6 Å². The molecule has 0 saturated carbocycles. The van der Waals surface area contributed by atoms with Gasteiger partial charge in [-0.1, -0.05) is 27.5 Å². The molecule has 84 valence electrons. The number of fused-ring (bicyclic) bond motifs is 1. The smallest absolute Gasteiger partial charge is 0.155 e. The van der Waals surface area contributed by atoms with Crippen LogP contribution in [0.15, 0.2) is 45.3 Å². The van der Waals surface area contributed by atoms with Crippen LogP contribution in [0.25, 0.3) is 22.4 Å². The van der Waals surface area contributed by atoms with Crippen LogP contribution in [0.4, 0.5) is 0 Å². The molecule has 2 aromatic heterocycles. The fourth-order valence-corrected chi connectivity index (χ4v) is 2.07. The fraction of sp³-hybridized carbons (Fsp3) is 0. The lowest BCUT2D eigenvalue weighted by atomic mass is 10.2. The van der Waals surface area contributed by atoms with Crippen molar-refractivity contribution in [1.29, 1.82) is 0 Å². The number of furan rings is 1. The van der Waals surface area contributed by atoms with E-state index in [4.69, 9.17) is 16.0 Å². The average Bonchev–Trinajstić information content (AvgIpc) is 2.72. The van der Waals surface area contributed by atoms with Crippen molar-refractivity contribution in [2.45, 2.75) is 0 Å². The van der Waals surface area contributed by atoms with Crippen molar-refractivity contribution in [3.05, 3.63) is 46.0 Å². The molecule has 0 aliphatic heterocycles. The van der Waals surface area contributed by atoms with Gasteiger partial charge in [0.1, 0.15) is 11.3 Å². The van der Waals surface area contributed by atoms with Gasteiger partial charge in [-0.25, -0.2) is 0 Å². The van der Waals surface area contributed by atoms with Crippen LogP contribution in [0.5, 0.6) is 0 Å². The molecule has 1 aromatic carbocycles. The highest BCUT2D eigenvalue weighted by molar-refractivity contribution is 9.10. The maximum absolute atomic E-state index is 5.69. The summed E-state index contributed by atoms with van der Waals surface area (Å²) in [4.78, 5) is 0. The van der Waals surface area contributed by atoms with Gasteiger partial charge in [-0.15, -0.1) is 10.2 Å². The topological polar surface area (TPSA) is 38.9 Å². The summed E-state index contributed by atoms with van der Waals surface area (Å²) < 4.78 is 6.70. The van der Waals surface area contributed by atoms with E-state index < -0.39 is 0 Å². The number of benzene rings is 1. The molecule has 17 heavy (non-hydrogen) atoms. The van der Waals surface area contributed by atoms with Crippen molar-refractivity contribution in [3.63, 3.8) is 0 Å². The minimum absolute atomic E-state index is 0.368. The average molecular weight is 310 g/mol. The fourth-order valence-electron chi connectivity index (χ4n) is 1.59. The molecule has 3 rings (SSSR count). The third kappa shape index (κ3) is 2.06. The Morgan fingerprint density at radius 1 is 1.06 bits per heavy atom. The molecular formula is C12H6BrClN2O. The lowest BCUT2D eigenvalue weighted by Crippen LogP contribution is -1.84. The Kier molecular flexibility index (Phi) is 2.61. The van der Waals surface area contributed by atoms with Gasteiger partial charge < -0.3 is 4.42 Å². The zero-order chi connectivity index (χ0) is 11.8. The quantitative estimate of drug-likeness (QED) is 0.672. The Labute approximate surface area is 111 Å². The number of hydrogen-bond donors (Lipinski definition) is 0. The SMILES string of the molecule is Clc1ccc(-c2cc3cc(Br)ccc3o2)nn1. The van der Waals surface area contributed by atoms with Crippen molar-refractivity contribution in [2.75, 3.05) is 0 Å². The van der Waals surface area contributed by atoms with Crippen LogP contribution in [0.1, 0.15) is 0 Å². The summed E-state index contributed by atoms with van der Waals surface area (Å²) in [7, 11) is 0. The maximum Gasteiger partial charge on any atom is 0.155 e. The first kappa shape index (κ1) is 10.7. The molecule has 0 aliphatic rings. The molecule has 0 amide bonds. The standard InChI is InChI=1S/C12H6BrClN2O/c13-8-1-3-10-7(5-8)6-11(17-10)9-2-4-12(14)16-15-9/h1-6H. The normalized spacial score (nSPS) is 10.9. The van der Waals surface area contributed by atoms with E-state index >= 15 is 0 Å². The van der Waals surface area contributed by atoms with Crippen molar-refractivity contribution in [2.24, 2.45) is 0 Å². The minimum Gasteiger partial charge on any atom is -0.454 e. The van der Waals surface area contributed by atoms with Crippen LogP contribution in [-0.4, -0.2) is 10.2 Å². The molecule has 0 spiro atoms. The van der Waals surface area contributed by atoms with Gasteiger partial charge in [-0.3, -0.25) is 0 Å². The van der Waals surface area contributed by atoms with E-state index in [1.54, 1.807) is 12.1 Å². The van der Waals surface area contributed by atoms with Crippen molar-refractivity contribution in [1.82, 2.24) is 10.2 Å². The molecule has 3 aromatic rings. The van der Waals surface area contributed by atoms with Crippen molar-refractivity contribution in [3.8, 4) is 11.5 Å². The van der Waals surface area contributed by atoms with Gasteiger partial charge in [0.05, 0.1) is 0 Å². The molecule has 0 bridgehead atoms. The molecule has 0 aliphatic carbocycles. The Balaban J connectivity index is 2.14. The predicted molar refractivity (Wildman–Crippen MR) is 70.0 cm³/mol. The van der Waals surface area contributed by atoms with Gasteiger partial charge in [-0.05, 0) is 36.4 Å². The van der Waals surface area contributed by atoms with E-state index in [9.17, 15) is 0 Å². The van der Waals surface area contributed by atoms with Gasteiger partial charge in [0.25, 0.3) is 0 Å². The summed E-state index contributed by atoms with van der Waals surface area (Å²) in [6.07, 6.45) is 0. The van der Waals surface area contributed by atoms with Crippen LogP contribution >= 0.6 is 27.5 Å². The second kappa shape index (κ2) is 4.13. The highest BCUT2D eigenvalue weighted by Gasteiger charge is 2.08. The van der Waals surface area contributed by atoms with Crippen LogP contribution in [0.2, 0.25) is 5.15 Å². The Morgan fingerprint density at radius 3 is 2.71 bits per heavy atom. The van der Waals surface area contributed by atoms with E-state index in [1.165, 1.54) is 0 Å². The highest BCUT2D eigenvalue weighted by Crippen LogP contribution is 2.28. The van der Waals surface area contributed by atoms with Gasteiger partial charge in [0.15, 0.2) is 10.9 Å². The molecule has 0 radical (unpaired) electrons. The van der Waals surface area contributed by atoms with Gasteiger partial charge in [-0.2, -0.15) is 0 Å². The lowest BCUT2D eigenvalue weighted by Gasteiger charge is -1.93. The summed E-state index contributed by atoms with van der Waals surface area (Å²) in [6.45, 7) is 0. The second-order valence-electron chi connectivity index (χ2n) is 3.53. The number of rotatable bonds is 1. The van der Waals surface area contributed by atoms with Gasteiger partial charge in [0.2, 0.25) is 0 Å².